The minimum absolute atomic E-state index is 0.288. The summed E-state index contributed by atoms with van der Waals surface area (Å²) in [5, 5.41) is 20.0. The van der Waals surface area contributed by atoms with E-state index in [4.69, 9.17) is 15.1 Å². The number of ether oxygens (including phenoxy) is 1. The van der Waals surface area contributed by atoms with Crippen LogP contribution in [0.25, 0.3) is 0 Å². The summed E-state index contributed by atoms with van der Waals surface area (Å²) in [7, 11) is 0. The zero-order chi connectivity index (χ0) is 14.3. The second kappa shape index (κ2) is 7.01. The van der Waals surface area contributed by atoms with Gasteiger partial charge in [0.15, 0.2) is 6.61 Å². The molecule has 6 heteroatoms. The van der Waals surface area contributed by atoms with Crippen molar-refractivity contribution < 1.29 is 19.4 Å². The number of nitrogens with zero attached hydrogens (tertiary/aromatic N) is 1. The van der Waals surface area contributed by atoms with Gasteiger partial charge in [-0.25, -0.2) is 4.79 Å². The molecule has 0 unspecified atom stereocenters. The zero-order valence-electron chi connectivity index (χ0n) is 10.4. The van der Waals surface area contributed by atoms with Crippen LogP contribution < -0.4 is 10.1 Å². The lowest BCUT2D eigenvalue weighted by molar-refractivity contribution is -0.142. The molecule has 0 radical (unpaired) electrons. The number of nitrogens with one attached hydrogen (secondary N) is 1. The van der Waals surface area contributed by atoms with E-state index in [-0.39, 0.29) is 13.0 Å². The maximum atomic E-state index is 11.5. The van der Waals surface area contributed by atoms with E-state index in [0.29, 0.717) is 11.3 Å². The molecule has 0 bridgehead atoms. The molecule has 1 atom stereocenters. The van der Waals surface area contributed by atoms with Gasteiger partial charge in [0.1, 0.15) is 17.9 Å². The van der Waals surface area contributed by atoms with Gasteiger partial charge in [0.2, 0.25) is 0 Å². The monoisotopic (exact) mass is 262 g/mol. The highest BCUT2D eigenvalue weighted by atomic mass is 16.5. The summed E-state index contributed by atoms with van der Waals surface area (Å²) >= 11 is 0. The second-order valence-electron chi connectivity index (χ2n) is 3.76. The van der Waals surface area contributed by atoms with E-state index >= 15 is 0 Å². The van der Waals surface area contributed by atoms with E-state index in [1.165, 1.54) is 0 Å². The smallest absolute Gasteiger partial charge is 0.326 e. The van der Waals surface area contributed by atoms with Gasteiger partial charge >= 0.3 is 5.97 Å². The fraction of sp³-hybridized carbons (Fsp3) is 0.308. The van der Waals surface area contributed by atoms with Crippen molar-refractivity contribution >= 4 is 11.9 Å². The first kappa shape index (κ1) is 14.5. The molecule has 1 aromatic carbocycles. The zero-order valence-corrected chi connectivity index (χ0v) is 10.4. The topological polar surface area (TPSA) is 99.4 Å². The first-order valence-corrected chi connectivity index (χ1v) is 5.72. The van der Waals surface area contributed by atoms with Gasteiger partial charge < -0.3 is 15.2 Å². The number of amides is 1. The van der Waals surface area contributed by atoms with Gasteiger partial charge in [-0.3, -0.25) is 4.79 Å². The lowest BCUT2D eigenvalue weighted by Crippen LogP contribution is -2.42. The Balaban J connectivity index is 2.55. The summed E-state index contributed by atoms with van der Waals surface area (Å²) in [6, 6.07) is 7.51. The van der Waals surface area contributed by atoms with Gasteiger partial charge in [-0.15, -0.1) is 0 Å². The predicted molar refractivity (Wildman–Crippen MR) is 66.5 cm³/mol. The summed E-state index contributed by atoms with van der Waals surface area (Å²) in [6.07, 6.45) is 0.288. The van der Waals surface area contributed by atoms with Crippen molar-refractivity contribution in [1.82, 2.24) is 5.32 Å². The average Bonchev–Trinajstić information content (AvgIpc) is 2.42. The van der Waals surface area contributed by atoms with Crippen molar-refractivity contribution in [2.45, 2.75) is 19.4 Å². The quantitative estimate of drug-likeness (QED) is 0.794. The minimum Gasteiger partial charge on any atom is -0.482 e. The molecule has 0 heterocycles. The normalized spacial score (nSPS) is 11.2. The lowest BCUT2D eigenvalue weighted by atomic mass is 10.2. The van der Waals surface area contributed by atoms with Crippen LogP contribution in [-0.2, 0) is 9.59 Å². The SMILES string of the molecule is CC[C@@H](NC(=O)COc1ccccc1C#N)C(=O)O. The molecule has 0 aliphatic heterocycles. The first-order chi connectivity index (χ1) is 9.08. The third-order valence-electron chi connectivity index (χ3n) is 2.41. The molecular weight excluding hydrogens is 248 g/mol. The number of aliphatic carboxylic acids is 1. The highest BCUT2D eigenvalue weighted by Gasteiger charge is 2.17. The maximum absolute atomic E-state index is 11.5. The van der Waals surface area contributed by atoms with Crippen LogP contribution in [0.4, 0.5) is 0 Å². The molecule has 0 aliphatic carbocycles. The molecule has 1 aromatic rings. The Bertz CT molecular complexity index is 508. The van der Waals surface area contributed by atoms with Crippen LogP contribution >= 0.6 is 0 Å². The van der Waals surface area contributed by atoms with Crippen LogP contribution in [0.1, 0.15) is 18.9 Å². The van der Waals surface area contributed by atoms with Crippen LogP contribution in [0.15, 0.2) is 24.3 Å². The van der Waals surface area contributed by atoms with E-state index in [1.807, 2.05) is 6.07 Å². The van der Waals surface area contributed by atoms with Crippen molar-refractivity contribution in [2.24, 2.45) is 0 Å². The molecule has 1 rings (SSSR count). The van der Waals surface area contributed by atoms with E-state index in [2.05, 4.69) is 5.32 Å². The highest BCUT2D eigenvalue weighted by molar-refractivity contribution is 5.84. The van der Waals surface area contributed by atoms with Crippen molar-refractivity contribution in [3.05, 3.63) is 29.8 Å². The van der Waals surface area contributed by atoms with E-state index in [0.717, 1.165) is 0 Å². The number of nitriles is 1. The number of rotatable bonds is 6. The number of carboxylic acids is 1. The molecule has 100 valence electrons. The van der Waals surface area contributed by atoms with Crippen LogP contribution in [0.3, 0.4) is 0 Å². The summed E-state index contributed by atoms with van der Waals surface area (Å²) < 4.78 is 5.19. The summed E-state index contributed by atoms with van der Waals surface area (Å²) in [5.74, 6) is -1.33. The Morgan fingerprint density at radius 1 is 1.47 bits per heavy atom. The molecule has 19 heavy (non-hydrogen) atoms. The van der Waals surface area contributed by atoms with Gasteiger partial charge in [-0.1, -0.05) is 19.1 Å². The van der Waals surface area contributed by atoms with Crippen molar-refractivity contribution in [2.75, 3.05) is 6.61 Å². The fourth-order valence-corrected chi connectivity index (χ4v) is 1.40. The Morgan fingerprint density at radius 2 is 2.16 bits per heavy atom. The number of carboxylic acid groups (broad SMARTS) is 1. The Hall–Kier alpha value is -2.55. The number of carbonyl (C=O) groups excluding carboxylic acids is 1. The van der Waals surface area contributed by atoms with E-state index < -0.39 is 17.9 Å². The van der Waals surface area contributed by atoms with Gasteiger partial charge in [0.25, 0.3) is 5.91 Å². The molecular formula is C13H14N2O4. The number of para-hydroxylation sites is 1. The second-order valence-corrected chi connectivity index (χ2v) is 3.76. The minimum atomic E-state index is -1.09. The van der Waals surface area contributed by atoms with Crippen molar-refractivity contribution in [1.29, 1.82) is 5.26 Å². The number of hydrogen-bond donors (Lipinski definition) is 2. The van der Waals surface area contributed by atoms with Gasteiger partial charge in [-0.05, 0) is 18.6 Å². The number of carbonyl (C=O) groups is 2. The average molecular weight is 262 g/mol. The molecule has 0 saturated heterocycles. The Kier molecular flexibility index (Phi) is 5.35. The van der Waals surface area contributed by atoms with Crippen molar-refractivity contribution in [3.8, 4) is 11.8 Å². The molecule has 0 aromatic heterocycles. The van der Waals surface area contributed by atoms with Gasteiger partial charge in [0, 0.05) is 0 Å². The van der Waals surface area contributed by atoms with E-state index in [9.17, 15) is 9.59 Å². The summed E-state index contributed by atoms with van der Waals surface area (Å²) in [4.78, 5) is 22.2. The standard InChI is InChI=1S/C13H14N2O4/c1-2-10(13(17)18)15-12(16)8-19-11-6-4-3-5-9(11)7-14/h3-6,10H,2,8H2,1H3,(H,15,16)(H,17,18)/t10-/m1/s1. The summed E-state index contributed by atoms with van der Waals surface area (Å²) in [5.41, 5.74) is 0.320. The molecule has 0 fully saturated rings. The Morgan fingerprint density at radius 3 is 2.74 bits per heavy atom. The fourth-order valence-electron chi connectivity index (χ4n) is 1.40. The number of benzene rings is 1. The van der Waals surface area contributed by atoms with Gasteiger partial charge in [0.05, 0.1) is 5.56 Å². The molecule has 6 nitrogen and oxygen atoms in total. The van der Waals surface area contributed by atoms with Gasteiger partial charge in [-0.2, -0.15) is 5.26 Å². The van der Waals surface area contributed by atoms with Crippen LogP contribution in [-0.4, -0.2) is 29.6 Å². The summed E-state index contributed by atoms with van der Waals surface area (Å²) in [6.45, 7) is 1.33. The van der Waals surface area contributed by atoms with Crippen molar-refractivity contribution in [3.63, 3.8) is 0 Å². The molecule has 0 spiro atoms. The third kappa shape index (κ3) is 4.32. The predicted octanol–water partition coefficient (Wildman–Crippen LogP) is 0.916. The molecule has 1 amide bonds. The molecule has 2 N–H and O–H groups in total. The molecule has 0 saturated carbocycles. The van der Waals surface area contributed by atoms with E-state index in [1.54, 1.807) is 31.2 Å². The van der Waals surface area contributed by atoms with Crippen LogP contribution in [0.2, 0.25) is 0 Å². The van der Waals surface area contributed by atoms with Crippen LogP contribution in [0.5, 0.6) is 5.75 Å². The molecule has 0 aliphatic rings. The largest absolute Gasteiger partial charge is 0.482 e. The number of hydrogen-bond acceptors (Lipinski definition) is 4. The third-order valence-corrected chi connectivity index (χ3v) is 2.41. The first-order valence-electron chi connectivity index (χ1n) is 5.72. The lowest BCUT2D eigenvalue weighted by Gasteiger charge is -2.13. The van der Waals surface area contributed by atoms with Crippen LogP contribution in [0, 0.1) is 11.3 Å². The highest BCUT2D eigenvalue weighted by Crippen LogP contribution is 2.16. The Labute approximate surface area is 110 Å². The maximum Gasteiger partial charge on any atom is 0.326 e.